The molecule has 0 bridgehead atoms. The van der Waals surface area contributed by atoms with Gasteiger partial charge in [0, 0.05) is 16.7 Å². The van der Waals surface area contributed by atoms with Crippen LogP contribution in [-0.2, 0) is 16.1 Å². The molecule has 4 heteroatoms. The normalized spacial score (nSPS) is 10.6. The van der Waals surface area contributed by atoms with Gasteiger partial charge in [-0.15, -0.1) is 0 Å². The number of nitrogens with zero attached hydrogens (tertiary/aromatic N) is 1. The van der Waals surface area contributed by atoms with Gasteiger partial charge in [-0.1, -0.05) is 12.1 Å². The molecule has 0 aliphatic heterocycles. The summed E-state index contributed by atoms with van der Waals surface area (Å²) in [6.45, 7) is 3.87. The minimum Gasteiger partial charge on any atom is -0.466 e. The smallest absolute Gasteiger partial charge is 0.307 e. The predicted octanol–water partition coefficient (Wildman–Crippen LogP) is 2.68. The van der Waals surface area contributed by atoms with Crippen molar-refractivity contribution in [2.24, 2.45) is 0 Å². The Morgan fingerprint density at radius 1 is 1.35 bits per heavy atom. The third-order valence-corrected chi connectivity index (χ3v) is 3.09. The molecule has 3 nitrogen and oxygen atoms in total. The molecule has 0 saturated heterocycles. The summed E-state index contributed by atoms with van der Waals surface area (Å²) in [6.07, 6.45) is 0.453. The molecule has 0 fully saturated rings. The highest BCUT2D eigenvalue weighted by Crippen LogP contribution is 2.08. The molecule has 1 rings (SSSR count). The van der Waals surface area contributed by atoms with Crippen molar-refractivity contribution in [2.45, 2.75) is 19.9 Å². The minimum atomic E-state index is -0.123. The first-order valence-electron chi connectivity index (χ1n) is 5.70. The van der Waals surface area contributed by atoms with Gasteiger partial charge in [-0.05, 0) is 54.3 Å². The fourth-order valence-electron chi connectivity index (χ4n) is 1.50. The quantitative estimate of drug-likeness (QED) is 0.585. The first kappa shape index (κ1) is 14.4. The molecule has 0 heterocycles. The Morgan fingerprint density at radius 3 is 2.59 bits per heavy atom. The lowest BCUT2D eigenvalue weighted by atomic mass is 10.2. The molecule has 0 aromatic heterocycles. The van der Waals surface area contributed by atoms with E-state index in [0.29, 0.717) is 13.0 Å². The Balaban J connectivity index is 2.31. The zero-order valence-electron chi connectivity index (χ0n) is 10.3. The van der Waals surface area contributed by atoms with Crippen LogP contribution >= 0.6 is 22.6 Å². The number of hydrogen-bond donors (Lipinski definition) is 0. The van der Waals surface area contributed by atoms with E-state index in [1.54, 1.807) is 0 Å². The van der Waals surface area contributed by atoms with Crippen LogP contribution in [0, 0.1) is 3.57 Å². The van der Waals surface area contributed by atoms with E-state index in [4.69, 9.17) is 4.74 Å². The molecule has 0 radical (unpaired) electrons. The molecule has 0 aliphatic carbocycles. The van der Waals surface area contributed by atoms with E-state index in [0.717, 1.165) is 13.1 Å². The number of halogens is 1. The molecule has 0 N–H and O–H groups in total. The summed E-state index contributed by atoms with van der Waals surface area (Å²) in [5.41, 5.74) is 1.26. The molecule has 0 amide bonds. The number of ether oxygens (including phenoxy) is 1. The summed E-state index contributed by atoms with van der Waals surface area (Å²) in [5.74, 6) is -0.123. The zero-order chi connectivity index (χ0) is 12.7. The Bertz CT molecular complexity index is 351. The Morgan fingerprint density at radius 2 is 2.00 bits per heavy atom. The monoisotopic (exact) mass is 347 g/mol. The second kappa shape index (κ2) is 7.66. The summed E-state index contributed by atoms with van der Waals surface area (Å²) in [7, 11) is 2.01. The molecule has 1 aromatic rings. The van der Waals surface area contributed by atoms with Crippen molar-refractivity contribution in [2.75, 3.05) is 20.2 Å². The summed E-state index contributed by atoms with van der Waals surface area (Å²) >= 11 is 2.29. The number of carbonyl (C=O) groups excluding carboxylic acids is 1. The van der Waals surface area contributed by atoms with Gasteiger partial charge in [0.25, 0.3) is 0 Å². The Labute approximate surface area is 116 Å². The maximum absolute atomic E-state index is 11.2. The van der Waals surface area contributed by atoms with Crippen LogP contribution in [0.1, 0.15) is 18.9 Å². The highest BCUT2D eigenvalue weighted by Gasteiger charge is 2.05. The maximum Gasteiger partial charge on any atom is 0.307 e. The zero-order valence-corrected chi connectivity index (χ0v) is 12.4. The van der Waals surface area contributed by atoms with Crippen molar-refractivity contribution in [3.8, 4) is 0 Å². The van der Waals surface area contributed by atoms with Gasteiger partial charge in [0.1, 0.15) is 0 Å². The van der Waals surface area contributed by atoms with Crippen molar-refractivity contribution in [1.29, 1.82) is 0 Å². The molecule has 94 valence electrons. The van der Waals surface area contributed by atoms with Gasteiger partial charge in [-0.25, -0.2) is 0 Å². The van der Waals surface area contributed by atoms with E-state index < -0.39 is 0 Å². The van der Waals surface area contributed by atoms with Crippen LogP contribution in [0.25, 0.3) is 0 Å². The Kier molecular flexibility index (Phi) is 6.50. The standard InChI is InChI=1S/C13H18INO2/c1-3-17-13(16)8-9-15(2)10-11-4-6-12(14)7-5-11/h4-7H,3,8-10H2,1-2H3. The molecular weight excluding hydrogens is 329 g/mol. The van der Waals surface area contributed by atoms with Gasteiger partial charge in [0.2, 0.25) is 0 Å². The highest BCUT2D eigenvalue weighted by atomic mass is 127. The predicted molar refractivity (Wildman–Crippen MR) is 76.7 cm³/mol. The number of esters is 1. The number of hydrogen-bond acceptors (Lipinski definition) is 3. The van der Waals surface area contributed by atoms with E-state index >= 15 is 0 Å². The molecule has 0 saturated carbocycles. The third-order valence-electron chi connectivity index (χ3n) is 2.37. The number of rotatable bonds is 6. The van der Waals surface area contributed by atoms with E-state index in [-0.39, 0.29) is 5.97 Å². The summed E-state index contributed by atoms with van der Waals surface area (Å²) < 4.78 is 6.13. The molecule has 0 unspecified atom stereocenters. The van der Waals surface area contributed by atoms with Crippen LogP contribution in [-0.4, -0.2) is 31.1 Å². The van der Waals surface area contributed by atoms with E-state index in [2.05, 4.69) is 51.8 Å². The van der Waals surface area contributed by atoms with Crippen molar-refractivity contribution >= 4 is 28.6 Å². The van der Waals surface area contributed by atoms with Crippen molar-refractivity contribution in [1.82, 2.24) is 4.90 Å². The lowest BCUT2D eigenvalue weighted by Gasteiger charge is -2.16. The maximum atomic E-state index is 11.2. The summed E-state index contributed by atoms with van der Waals surface area (Å²) in [5, 5.41) is 0. The van der Waals surface area contributed by atoms with Crippen LogP contribution in [0.3, 0.4) is 0 Å². The minimum absolute atomic E-state index is 0.123. The molecular formula is C13H18INO2. The van der Waals surface area contributed by atoms with Crippen molar-refractivity contribution < 1.29 is 9.53 Å². The molecule has 17 heavy (non-hydrogen) atoms. The molecule has 1 aromatic carbocycles. The first-order valence-corrected chi connectivity index (χ1v) is 6.78. The van der Waals surface area contributed by atoms with Gasteiger partial charge in [0.05, 0.1) is 13.0 Å². The van der Waals surface area contributed by atoms with E-state index in [1.165, 1.54) is 9.13 Å². The largest absolute Gasteiger partial charge is 0.466 e. The van der Waals surface area contributed by atoms with Crippen LogP contribution in [0.4, 0.5) is 0 Å². The summed E-state index contributed by atoms with van der Waals surface area (Å²) in [6, 6.07) is 8.41. The number of benzene rings is 1. The van der Waals surface area contributed by atoms with Gasteiger partial charge in [0.15, 0.2) is 0 Å². The van der Waals surface area contributed by atoms with Gasteiger partial charge >= 0.3 is 5.97 Å². The van der Waals surface area contributed by atoms with Gasteiger partial charge in [-0.3, -0.25) is 4.79 Å². The van der Waals surface area contributed by atoms with Crippen molar-refractivity contribution in [3.63, 3.8) is 0 Å². The molecule has 0 aliphatic rings. The molecule has 0 spiro atoms. The Hall–Kier alpha value is -0.620. The van der Waals surface area contributed by atoms with Crippen LogP contribution in [0.15, 0.2) is 24.3 Å². The van der Waals surface area contributed by atoms with Crippen LogP contribution in [0.2, 0.25) is 0 Å². The first-order chi connectivity index (χ1) is 8.11. The second-order valence-corrected chi connectivity index (χ2v) is 5.16. The average Bonchev–Trinajstić information content (AvgIpc) is 2.30. The lowest BCUT2D eigenvalue weighted by Crippen LogP contribution is -2.22. The topological polar surface area (TPSA) is 29.5 Å². The van der Waals surface area contributed by atoms with E-state index in [9.17, 15) is 4.79 Å². The van der Waals surface area contributed by atoms with Gasteiger partial charge < -0.3 is 9.64 Å². The fraction of sp³-hybridized carbons (Fsp3) is 0.462. The summed E-state index contributed by atoms with van der Waals surface area (Å²) in [4.78, 5) is 13.3. The lowest BCUT2D eigenvalue weighted by molar-refractivity contribution is -0.143. The van der Waals surface area contributed by atoms with Crippen LogP contribution in [0.5, 0.6) is 0 Å². The van der Waals surface area contributed by atoms with E-state index in [1.807, 2.05) is 14.0 Å². The second-order valence-electron chi connectivity index (χ2n) is 3.92. The van der Waals surface area contributed by atoms with Gasteiger partial charge in [-0.2, -0.15) is 0 Å². The molecule has 0 atom stereocenters. The fourth-order valence-corrected chi connectivity index (χ4v) is 1.86. The van der Waals surface area contributed by atoms with Crippen molar-refractivity contribution in [3.05, 3.63) is 33.4 Å². The number of carbonyl (C=O) groups is 1. The van der Waals surface area contributed by atoms with Crippen LogP contribution < -0.4 is 0 Å². The average molecular weight is 347 g/mol. The third kappa shape index (κ3) is 6.02. The SMILES string of the molecule is CCOC(=O)CCN(C)Cc1ccc(I)cc1. The highest BCUT2D eigenvalue weighted by molar-refractivity contribution is 14.1.